The zero-order valence-electron chi connectivity index (χ0n) is 7.84. The zero-order chi connectivity index (χ0) is 9.10. The summed E-state index contributed by atoms with van der Waals surface area (Å²) in [6.07, 6.45) is 4.99. The first-order chi connectivity index (χ1) is 6.18. The summed E-state index contributed by atoms with van der Waals surface area (Å²) in [6.45, 7) is 2.11. The van der Waals surface area contributed by atoms with Gasteiger partial charge in [-0.2, -0.15) is 0 Å². The van der Waals surface area contributed by atoms with Crippen molar-refractivity contribution in [2.75, 3.05) is 0 Å². The average Bonchev–Trinajstić information content (AvgIpc) is 2.98. The maximum absolute atomic E-state index is 6.33. The number of aryl methyl sites for hydroxylation is 1. The largest absolute Gasteiger partial charge is 0.324 e. The van der Waals surface area contributed by atoms with Crippen LogP contribution in [0.1, 0.15) is 36.3 Å². The molecular weight excluding hydrogens is 180 g/mol. The molecule has 3 rings (SSSR count). The van der Waals surface area contributed by atoms with Crippen LogP contribution in [-0.4, -0.2) is 10.5 Å². The second kappa shape index (κ2) is 2.15. The Labute approximate surface area is 82.2 Å². The maximum Gasteiger partial charge on any atom is 0.0797 e. The van der Waals surface area contributed by atoms with Crippen LogP contribution >= 0.6 is 11.3 Å². The highest BCUT2D eigenvalue weighted by Crippen LogP contribution is 2.64. The van der Waals surface area contributed by atoms with Crippen LogP contribution in [0.5, 0.6) is 0 Å². The van der Waals surface area contributed by atoms with E-state index in [0.29, 0.717) is 5.41 Å². The van der Waals surface area contributed by atoms with Crippen molar-refractivity contribution < 1.29 is 0 Å². The maximum atomic E-state index is 6.33. The lowest BCUT2D eigenvalue weighted by molar-refractivity contribution is 0.508. The van der Waals surface area contributed by atoms with Crippen LogP contribution in [0.15, 0.2) is 5.51 Å². The molecule has 1 aromatic heterocycles. The average molecular weight is 194 g/mol. The fourth-order valence-electron chi connectivity index (χ4n) is 2.45. The first-order valence-corrected chi connectivity index (χ1v) is 5.75. The lowest BCUT2D eigenvalue weighted by Crippen LogP contribution is -2.37. The Balaban J connectivity index is 2.05. The van der Waals surface area contributed by atoms with Gasteiger partial charge in [0.25, 0.3) is 0 Å². The van der Waals surface area contributed by atoms with Gasteiger partial charge >= 0.3 is 0 Å². The molecule has 2 saturated carbocycles. The molecule has 0 amide bonds. The van der Waals surface area contributed by atoms with Crippen LogP contribution in [0.4, 0.5) is 0 Å². The number of rotatable bonds is 2. The number of aromatic nitrogens is 1. The first-order valence-electron chi connectivity index (χ1n) is 4.87. The molecule has 0 spiro atoms. The van der Waals surface area contributed by atoms with Crippen LogP contribution in [0, 0.1) is 6.92 Å². The van der Waals surface area contributed by atoms with Gasteiger partial charge in [0.2, 0.25) is 0 Å². The molecule has 0 aliphatic heterocycles. The second-order valence-electron chi connectivity index (χ2n) is 4.51. The fourth-order valence-corrected chi connectivity index (χ4v) is 3.62. The van der Waals surface area contributed by atoms with Crippen LogP contribution in [0.2, 0.25) is 0 Å². The summed E-state index contributed by atoms with van der Waals surface area (Å²) >= 11 is 1.79. The van der Waals surface area contributed by atoms with E-state index in [4.69, 9.17) is 5.73 Å². The van der Waals surface area contributed by atoms with Crippen molar-refractivity contribution in [1.29, 1.82) is 0 Å². The Morgan fingerprint density at radius 2 is 2.08 bits per heavy atom. The third kappa shape index (κ3) is 0.891. The minimum Gasteiger partial charge on any atom is -0.324 e. The number of nitrogens with two attached hydrogens (primary N) is 1. The molecule has 2 aliphatic carbocycles. The SMILES string of the molecule is Cc1ncsc1C1(C2(N)CC2)CC1. The van der Waals surface area contributed by atoms with E-state index in [0.717, 1.165) is 0 Å². The van der Waals surface area contributed by atoms with Gasteiger partial charge in [-0.05, 0) is 32.6 Å². The van der Waals surface area contributed by atoms with Crippen molar-refractivity contribution in [2.24, 2.45) is 5.73 Å². The Morgan fingerprint density at radius 1 is 1.38 bits per heavy atom. The first kappa shape index (κ1) is 7.94. The third-order valence-corrected chi connectivity index (χ3v) is 4.80. The van der Waals surface area contributed by atoms with Crippen LogP contribution in [0.3, 0.4) is 0 Å². The summed E-state index contributed by atoms with van der Waals surface area (Å²) < 4.78 is 0. The van der Waals surface area contributed by atoms with E-state index in [1.807, 2.05) is 5.51 Å². The minimum atomic E-state index is 0.143. The minimum absolute atomic E-state index is 0.143. The summed E-state index contributed by atoms with van der Waals surface area (Å²) in [5, 5.41) is 0. The molecule has 2 nitrogen and oxygen atoms in total. The smallest absolute Gasteiger partial charge is 0.0797 e. The molecule has 0 aromatic carbocycles. The molecule has 0 radical (unpaired) electrons. The molecule has 2 aliphatic rings. The van der Waals surface area contributed by atoms with Crippen molar-refractivity contribution in [2.45, 2.75) is 43.6 Å². The molecule has 1 aromatic rings. The van der Waals surface area contributed by atoms with E-state index in [9.17, 15) is 0 Å². The van der Waals surface area contributed by atoms with Crippen molar-refractivity contribution in [3.05, 3.63) is 16.1 Å². The molecule has 0 bridgehead atoms. The zero-order valence-corrected chi connectivity index (χ0v) is 8.66. The highest BCUT2D eigenvalue weighted by molar-refractivity contribution is 7.10. The van der Waals surface area contributed by atoms with Gasteiger partial charge < -0.3 is 5.73 Å². The molecule has 3 heteroatoms. The molecule has 0 saturated heterocycles. The summed E-state index contributed by atoms with van der Waals surface area (Å²) in [5.74, 6) is 0. The lowest BCUT2D eigenvalue weighted by atomic mass is 9.92. The highest BCUT2D eigenvalue weighted by atomic mass is 32.1. The summed E-state index contributed by atoms with van der Waals surface area (Å²) in [4.78, 5) is 5.79. The van der Waals surface area contributed by atoms with Gasteiger partial charge in [0.15, 0.2) is 0 Å². The van der Waals surface area contributed by atoms with E-state index in [1.54, 1.807) is 11.3 Å². The third-order valence-electron chi connectivity index (χ3n) is 3.67. The van der Waals surface area contributed by atoms with Gasteiger partial charge in [0.1, 0.15) is 0 Å². The van der Waals surface area contributed by atoms with Gasteiger partial charge in [-0.15, -0.1) is 11.3 Å². The summed E-state index contributed by atoms with van der Waals surface area (Å²) in [7, 11) is 0. The van der Waals surface area contributed by atoms with E-state index in [-0.39, 0.29) is 5.54 Å². The normalized spacial score (nSPS) is 27.2. The Bertz CT molecular complexity index is 348. The Hall–Kier alpha value is -0.410. The Morgan fingerprint density at radius 3 is 2.46 bits per heavy atom. The summed E-state index contributed by atoms with van der Waals surface area (Å²) in [5.41, 5.74) is 9.98. The summed E-state index contributed by atoms with van der Waals surface area (Å²) in [6, 6.07) is 0. The predicted octanol–water partition coefficient (Wildman–Crippen LogP) is 1.97. The second-order valence-corrected chi connectivity index (χ2v) is 5.36. The molecule has 2 fully saturated rings. The van der Waals surface area contributed by atoms with Crippen LogP contribution in [-0.2, 0) is 5.41 Å². The predicted molar refractivity (Wildman–Crippen MR) is 53.9 cm³/mol. The van der Waals surface area contributed by atoms with Gasteiger partial charge in [0.05, 0.1) is 11.2 Å². The van der Waals surface area contributed by atoms with Crippen LogP contribution < -0.4 is 5.73 Å². The molecule has 2 N–H and O–H groups in total. The van der Waals surface area contributed by atoms with Gasteiger partial charge in [-0.3, -0.25) is 0 Å². The van der Waals surface area contributed by atoms with Gasteiger partial charge in [-0.25, -0.2) is 4.98 Å². The number of thiazole rings is 1. The monoisotopic (exact) mass is 194 g/mol. The van der Waals surface area contributed by atoms with Crippen LogP contribution in [0.25, 0.3) is 0 Å². The van der Waals surface area contributed by atoms with E-state index in [2.05, 4.69) is 11.9 Å². The quantitative estimate of drug-likeness (QED) is 0.781. The number of hydrogen-bond donors (Lipinski definition) is 1. The van der Waals surface area contributed by atoms with Crippen molar-refractivity contribution in [3.8, 4) is 0 Å². The molecule has 13 heavy (non-hydrogen) atoms. The number of nitrogens with zero attached hydrogens (tertiary/aromatic N) is 1. The van der Waals surface area contributed by atoms with E-state index >= 15 is 0 Å². The molecule has 70 valence electrons. The van der Waals surface area contributed by atoms with Crippen molar-refractivity contribution >= 4 is 11.3 Å². The molecule has 0 atom stereocenters. The Kier molecular flexibility index (Phi) is 1.31. The van der Waals surface area contributed by atoms with Gasteiger partial charge in [-0.1, -0.05) is 0 Å². The van der Waals surface area contributed by atoms with E-state index < -0.39 is 0 Å². The number of hydrogen-bond acceptors (Lipinski definition) is 3. The van der Waals surface area contributed by atoms with Crippen molar-refractivity contribution in [3.63, 3.8) is 0 Å². The standard InChI is InChI=1S/C10H14N2S/c1-7-8(13-6-12-7)9(2-3-9)10(11)4-5-10/h6H,2-5,11H2,1H3. The van der Waals surface area contributed by atoms with E-state index in [1.165, 1.54) is 36.3 Å². The van der Waals surface area contributed by atoms with Gasteiger partial charge in [0, 0.05) is 15.8 Å². The lowest BCUT2D eigenvalue weighted by Gasteiger charge is -2.21. The highest BCUT2D eigenvalue weighted by Gasteiger charge is 2.65. The fraction of sp³-hybridized carbons (Fsp3) is 0.700. The molecular formula is C10H14N2S. The van der Waals surface area contributed by atoms with Crippen molar-refractivity contribution in [1.82, 2.24) is 4.98 Å². The molecule has 0 unspecified atom stereocenters. The molecule has 1 heterocycles. The topological polar surface area (TPSA) is 38.9 Å².